The molecule has 32 heavy (non-hydrogen) atoms. The molecule has 2 aromatic rings. The summed E-state index contributed by atoms with van der Waals surface area (Å²) in [5, 5.41) is 12.8. The van der Waals surface area contributed by atoms with E-state index >= 15 is 0 Å². The van der Waals surface area contributed by atoms with E-state index in [4.69, 9.17) is 5.73 Å². The Kier molecular flexibility index (Phi) is 11.6. The Morgan fingerprint density at radius 2 is 1.38 bits per heavy atom. The average molecular weight is 473 g/mol. The zero-order valence-corrected chi connectivity index (χ0v) is 14.9. The Bertz CT molecular complexity index is 886. The van der Waals surface area contributed by atoms with Crippen molar-refractivity contribution in [2.75, 3.05) is 11.1 Å². The van der Waals surface area contributed by atoms with Crippen molar-refractivity contribution in [3.8, 4) is 11.5 Å². The van der Waals surface area contributed by atoms with Gasteiger partial charge < -0.3 is 20.5 Å². The Hall–Kier alpha value is -3.71. The Balaban J connectivity index is 0. The van der Waals surface area contributed by atoms with E-state index in [2.05, 4.69) is 14.8 Å². The fourth-order valence-electron chi connectivity index (χ4n) is 1.82. The quantitative estimate of drug-likeness (QED) is 0.247. The fourth-order valence-corrected chi connectivity index (χ4v) is 1.82. The first-order chi connectivity index (χ1) is 13.7. The second-order valence-corrected chi connectivity index (χ2v) is 5.28. The predicted octanol–water partition coefficient (Wildman–Crippen LogP) is 5.89. The SMILES string of the molecule is C.C.CC(=O)Nc1ccc(OC(F)(F)F)cc1[N+](=O)[O-].Nc1ccc(OC(F)(F)F)cc1. The number of amides is 1. The summed E-state index contributed by atoms with van der Waals surface area (Å²) in [5.41, 5.74) is 4.75. The van der Waals surface area contributed by atoms with Crippen LogP contribution >= 0.6 is 0 Å². The third-order valence-corrected chi connectivity index (χ3v) is 2.82. The molecule has 8 nitrogen and oxygen atoms in total. The van der Waals surface area contributed by atoms with E-state index in [0.29, 0.717) is 11.8 Å². The van der Waals surface area contributed by atoms with Crippen LogP contribution in [0, 0.1) is 10.1 Å². The number of nitrogens with one attached hydrogen (secondary N) is 1. The van der Waals surface area contributed by atoms with Gasteiger partial charge in [-0.1, -0.05) is 14.9 Å². The van der Waals surface area contributed by atoms with Gasteiger partial charge in [0.15, 0.2) is 0 Å². The first-order valence-corrected chi connectivity index (χ1v) is 7.59. The first kappa shape index (κ1) is 30.5. The summed E-state index contributed by atoms with van der Waals surface area (Å²) < 4.78 is 77.7. The maximum atomic E-state index is 11.9. The maximum absolute atomic E-state index is 11.9. The van der Waals surface area contributed by atoms with Crippen LogP contribution in [0.2, 0.25) is 0 Å². The predicted molar refractivity (Wildman–Crippen MR) is 105 cm³/mol. The molecular weight excluding hydrogens is 452 g/mol. The molecule has 14 heteroatoms. The van der Waals surface area contributed by atoms with Crippen molar-refractivity contribution in [3.63, 3.8) is 0 Å². The smallest absolute Gasteiger partial charge is 0.406 e. The van der Waals surface area contributed by atoms with Gasteiger partial charge in [0.2, 0.25) is 5.91 Å². The molecule has 0 fully saturated rings. The van der Waals surface area contributed by atoms with Crippen LogP contribution in [-0.2, 0) is 4.79 Å². The van der Waals surface area contributed by atoms with Crippen LogP contribution in [0.3, 0.4) is 0 Å². The normalized spacial score (nSPS) is 10.3. The van der Waals surface area contributed by atoms with Crippen molar-refractivity contribution < 1.29 is 45.5 Å². The summed E-state index contributed by atoms with van der Waals surface area (Å²) >= 11 is 0. The van der Waals surface area contributed by atoms with Crippen LogP contribution in [-0.4, -0.2) is 23.6 Å². The number of hydrogen-bond acceptors (Lipinski definition) is 6. The summed E-state index contributed by atoms with van der Waals surface area (Å²) in [7, 11) is 0. The minimum absolute atomic E-state index is 0. The molecule has 0 radical (unpaired) electrons. The molecule has 0 spiro atoms. The molecule has 3 N–H and O–H groups in total. The number of carbonyl (C=O) groups excluding carboxylic acids is 1. The lowest BCUT2D eigenvalue weighted by Crippen LogP contribution is -2.17. The molecule has 0 aliphatic rings. The van der Waals surface area contributed by atoms with Crippen molar-refractivity contribution in [1.29, 1.82) is 0 Å². The van der Waals surface area contributed by atoms with Crippen molar-refractivity contribution in [3.05, 3.63) is 52.6 Å². The summed E-state index contributed by atoms with van der Waals surface area (Å²) in [4.78, 5) is 20.5. The molecule has 0 aliphatic heterocycles. The van der Waals surface area contributed by atoms with Crippen LogP contribution in [0.5, 0.6) is 11.5 Å². The van der Waals surface area contributed by atoms with Crippen LogP contribution in [0.4, 0.5) is 43.4 Å². The number of benzene rings is 2. The van der Waals surface area contributed by atoms with Gasteiger partial charge in [0.05, 0.1) is 11.0 Å². The minimum Gasteiger partial charge on any atom is -0.406 e. The number of nitrogens with two attached hydrogens (primary N) is 1. The third-order valence-electron chi connectivity index (χ3n) is 2.82. The number of nitrogen functional groups attached to an aromatic ring is 1. The van der Waals surface area contributed by atoms with Gasteiger partial charge in [0.1, 0.15) is 17.2 Å². The highest BCUT2D eigenvalue weighted by molar-refractivity contribution is 5.91. The van der Waals surface area contributed by atoms with Crippen molar-refractivity contribution in [1.82, 2.24) is 0 Å². The highest BCUT2D eigenvalue weighted by Gasteiger charge is 2.32. The number of nitro benzene ring substituents is 1. The summed E-state index contributed by atoms with van der Waals surface area (Å²) in [6.45, 7) is 1.11. The zero-order valence-electron chi connectivity index (χ0n) is 14.9. The van der Waals surface area contributed by atoms with Gasteiger partial charge in [0.25, 0.3) is 5.69 Å². The third kappa shape index (κ3) is 12.1. The molecule has 0 saturated heterocycles. The van der Waals surface area contributed by atoms with E-state index in [9.17, 15) is 41.3 Å². The molecule has 0 aliphatic carbocycles. The van der Waals surface area contributed by atoms with E-state index < -0.39 is 35.0 Å². The van der Waals surface area contributed by atoms with E-state index in [-0.39, 0.29) is 26.3 Å². The number of nitrogens with zero attached hydrogens (tertiary/aromatic N) is 1. The number of anilines is 2. The van der Waals surface area contributed by atoms with E-state index in [1.807, 2.05) is 0 Å². The number of nitro groups is 1. The Morgan fingerprint density at radius 3 is 1.78 bits per heavy atom. The summed E-state index contributed by atoms with van der Waals surface area (Å²) in [6, 6.07) is 7.39. The summed E-state index contributed by atoms with van der Waals surface area (Å²) in [5.74, 6) is -1.58. The Morgan fingerprint density at radius 1 is 0.938 bits per heavy atom. The Labute approximate surface area is 179 Å². The topological polar surface area (TPSA) is 117 Å². The van der Waals surface area contributed by atoms with Gasteiger partial charge >= 0.3 is 12.7 Å². The fraction of sp³-hybridized carbons (Fsp3) is 0.278. The number of rotatable bonds is 4. The molecule has 0 heterocycles. The van der Waals surface area contributed by atoms with Gasteiger partial charge in [-0.3, -0.25) is 14.9 Å². The van der Waals surface area contributed by atoms with Crippen molar-refractivity contribution in [2.45, 2.75) is 34.5 Å². The van der Waals surface area contributed by atoms with Gasteiger partial charge in [-0.05, 0) is 36.4 Å². The molecule has 0 atom stereocenters. The lowest BCUT2D eigenvalue weighted by Gasteiger charge is -2.10. The highest BCUT2D eigenvalue weighted by atomic mass is 19.4. The van der Waals surface area contributed by atoms with E-state index in [0.717, 1.165) is 31.2 Å². The maximum Gasteiger partial charge on any atom is 0.573 e. The molecule has 180 valence electrons. The van der Waals surface area contributed by atoms with Crippen molar-refractivity contribution >= 4 is 23.0 Å². The largest absolute Gasteiger partial charge is 0.573 e. The lowest BCUT2D eigenvalue weighted by molar-refractivity contribution is -0.384. The standard InChI is InChI=1S/C9H7F3N2O4.C7H6F3NO.2CH4/c1-5(15)13-7-3-2-6(18-9(10,11)12)4-8(7)14(16)17;8-7(9,10)12-6-3-1-5(11)2-4-6;;/h2-4H,1H3,(H,13,15);1-4H,11H2;2*1H4. The average Bonchev–Trinajstić information content (AvgIpc) is 2.56. The van der Waals surface area contributed by atoms with Crippen LogP contribution < -0.4 is 20.5 Å². The summed E-state index contributed by atoms with van der Waals surface area (Å²) in [6.07, 6.45) is -9.58. The molecule has 2 aromatic carbocycles. The highest BCUT2D eigenvalue weighted by Crippen LogP contribution is 2.31. The number of alkyl halides is 6. The number of hydrogen-bond donors (Lipinski definition) is 2. The van der Waals surface area contributed by atoms with Gasteiger partial charge in [-0.2, -0.15) is 0 Å². The lowest BCUT2D eigenvalue weighted by atomic mass is 10.2. The zero-order chi connectivity index (χ0) is 23.1. The molecule has 0 aromatic heterocycles. The minimum atomic E-state index is -4.94. The molecule has 0 unspecified atom stereocenters. The molecule has 1 amide bonds. The monoisotopic (exact) mass is 473 g/mol. The molecule has 2 rings (SSSR count). The van der Waals surface area contributed by atoms with E-state index in [1.54, 1.807) is 0 Å². The number of ether oxygens (including phenoxy) is 2. The number of carbonyl (C=O) groups is 1. The van der Waals surface area contributed by atoms with Crippen LogP contribution in [0.25, 0.3) is 0 Å². The first-order valence-electron chi connectivity index (χ1n) is 7.59. The van der Waals surface area contributed by atoms with E-state index in [1.165, 1.54) is 12.1 Å². The van der Waals surface area contributed by atoms with Crippen molar-refractivity contribution in [2.24, 2.45) is 0 Å². The molecule has 0 saturated carbocycles. The van der Waals surface area contributed by atoms with Gasteiger partial charge in [-0.25, -0.2) is 0 Å². The number of halogens is 6. The van der Waals surface area contributed by atoms with Crippen LogP contribution in [0.1, 0.15) is 21.8 Å². The molecular formula is C18H21F6N3O5. The second kappa shape index (κ2) is 12.2. The van der Waals surface area contributed by atoms with Gasteiger partial charge in [0, 0.05) is 12.6 Å². The molecule has 0 bridgehead atoms. The second-order valence-electron chi connectivity index (χ2n) is 5.28. The van der Waals surface area contributed by atoms with Gasteiger partial charge in [-0.15, -0.1) is 26.3 Å². The van der Waals surface area contributed by atoms with Crippen LogP contribution in [0.15, 0.2) is 42.5 Å².